The van der Waals surface area contributed by atoms with Gasteiger partial charge in [0.1, 0.15) is 17.7 Å². The Labute approximate surface area is 134 Å². The zero-order valence-electron chi connectivity index (χ0n) is 13.0. The molecule has 3 aromatic rings. The van der Waals surface area contributed by atoms with Crippen LogP contribution in [-0.2, 0) is 0 Å². The number of H-pyrrole nitrogens is 1. The van der Waals surface area contributed by atoms with Crippen LogP contribution in [0.2, 0.25) is 0 Å². The number of piperidine rings is 1. The molecule has 23 heavy (non-hydrogen) atoms. The average molecular weight is 309 g/mol. The van der Waals surface area contributed by atoms with Gasteiger partial charge >= 0.3 is 0 Å². The van der Waals surface area contributed by atoms with Gasteiger partial charge < -0.3 is 15.2 Å². The predicted octanol–water partition coefficient (Wildman–Crippen LogP) is 2.14. The maximum absolute atomic E-state index is 4.52. The first-order valence-corrected chi connectivity index (χ1v) is 7.88. The van der Waals surface area contributed by atoms with Crippen LogP contribution in [0.1, 0.15) is 18.4 Å². The standard InChI is InChI=1S/C16H19N7/c1-11-2-3-13(17-8-11)23-6-4-12(5-7-23)22-16-14-15(19-9-18-14)20-10-21-16/h2-3,8-10,12H,4-7H2,1H3,(H2,18,19,20,21,22). The number of aromatic amines is 1. The second-order valence-electron chi connectivity index (χ2n) is 5.92. The molecule has 1 fully saturated rings. The summed E-state index contributed by atoms with van der Waals surface area (Å²) in [6, 6.07) is 4.61. The van der Waals surface area contributed by atoms with Gasteiger partial charge in [-0.05, 0) is 31.4 Å². The van der Waals surface area contributed by atoms with E-state index in [4.69, 9.17) is 0 Å². The molecule has 3 aromatic heterocycles. The number of anilines is 2. The van der Waals surface area contributed by atoms with Crippen molar-refractivity contribution in [3.63, 3.8) is 0 Å². The molecule has 2 N–H and O–H groups in total. The van der Waals surface area contributed by atoms with Crippen molar-refractivity contribution in [2.75, 3.05) is 23.3 Å². The van der Waals surface area contributed by atoms with E-state index in [-0.39, 0.29) is 0 Å². The van der Waals surface area contributed by atoms with Crippen LogP contribution in [0.5, 0.6) is 0 Å². The van der Waals surface area contributed by atoms with E-state index < -0.39 is 0 Å². The minimum Gasteiger partial charge on any atom is -0.365 e. The van der Waals surface area contributed by atoms with E-state index in [1.165, 1.54) is 5.56 Å². The zero-order valence-corrected chi connectivity index (χ0v) is 13.0. The quantitative estimate of drug-likeness (QED) is 0.771. The largest absolute Gasteiger partial charge is 0.365 e. The lowest BCUT2D eigenvalue weighted by Gasteiger charge is -2.33. The average Bonchev–Trinajstić information content (AvgIpc) is 3.06. The van der Waals surface area contributed by atoms with E-state index in [0.29, 0.717) is 11.7 Å². The summed E-state index contributed by atoms with van der Waals surface area (Å²) in [4.78, 5) is 22.6. The first-order chi connectivity index (χ1) is 11.3. The van der Waals surface area contributed by atoms with E-state index in [1.807, 2.05) is 6.20 Å². The molecule has 0 spiro atoms. The highest BCUT2D eigenvalue weighted by Crippen LogP contribution is 2.22. The van der Waals surface area contributed by atoms with E-state index in [9.17, 15) is 0 Å². The fourth-order valence-corrected chi connectivity index (χ4v) is 2.97. The van der Waals surface area contributed by atoms with Gasteiger partial charge in [0.25, 0.3) is 0 Å². The summed E-state index contributed by atoms with van der Waals surface area (Å²) in [5.74, 6) is 1.89. The molecule has 0 radical (unpaired) electrons. The van der Waals surface area contributed by atoms with Crippen LogP contribution in [0.15, 0.2) is 31.0 Å². The van der Waals surface area contributed by atoms with Gasteiger partial charge in [-0.3, -0.25) is 0 Å². The molecule has 7 heteroatoms. The van der Waals surface area contributed by atoms with Gasteiger partial charge in [0, 0.05) is 25.3 Å². The summed E-state index contributed by atoms with van der Waals surface area (Å²) in [6.07, 6.45) is 7.23. The fourth-order valence-electron chi connectivity index (χ4n) is 2.97. The Hall–Kier alpha value is -2.70. The fraction of sp³-hybridized carbons (Fsp3) is 0.375. The Balaban J connectivity index is 1.42. The Morgan fingerprint density at radius 2 is 2.00 bits per heavy atom. The van der Waals surface area contributed by atoms with E-state index in [0.717, 1.165) is 43.1 Å². The Morgan fingerprint density at radius 3 is 2.78 bits per heavy atom. The van der Waals surface area contributed by atoms with Crippen molar-refractivity contribution < 1.29 is 0 Å². The molecule has 0 unspecified atom stereocenters. The predicted molar refractivity (Wildman–Crippen MR) is 89.5 cm³/mol. The van der Waals surface area contributed by atoms with Gasteiger partial charge in [-0.25, -0.2) is 19.9 Å². The van der Waals surface area contributed by atoms with Crippen molar-refractivity contribution >= 4 is 22.8 Å². The number of aromatic nitrogens is 5. The van der Waals surface area contributed by atoms with Crippen molar-refractivity contribution in [3.05, 3.63) is 36.5 Å². The summed E-state index contributed by atoms with van der Waals surface area (Å²) < 4.78 is 0. The van der Waals surface area contributed by atoms with Crippen LogP contribution in [0.25, 0.3) is 11.2 Å². The van der Waals surface area contributed by atoms with Crippen LogP contribution >= 0.6 is 0 Å². The molecular weight excluding hydrogens is 290 g/mol. The number of fused-ring (bicyclic) bond motifs is 1. The molecule has 4 rings (SSSR count). The molecule has 1 saturated heterocycles. The smallest absolute Gasteiger partial charge is 0.182 e. The van der Waals surface area contributed by atoms with Gasteiger partial charge in [0.2, 0.25) is 0 Å². The summed E-state index contributed by atoms with van der Waals surface area (Å²) in [5, 5.41) is 3.52. The van der Waals surface area contributed by atoms with Gasteiger partial charge in [-0.1, -0.05) is 6.07 Å². The molecule has 0 bridgehead atoms. The molecule has 118 valence electrons. The summed E-state index contributed by atoms with van der Waals surface area (Å²) >= 11 is 0. The SMILES string of the molecule is Cc1ccc(N2CCC(Nc3ncnc4nc[nH]c34)CC2)nc1. The van der Waals surface area contributed by atoms with Crippen molar-refractivity contribution in [3.8, 4) is 0 Å². The number of nitrogens with one attached hydrogen (secondary N) is 2. The Bertz CT molecular complexity index is 788. The number of aryl methyl sites for hydroxylation is 1. The lowest BCUT2D eigenvalue weighted by atomic mass is 10.0. The molecule has 0 atom stereocenters. The van der Waals surface area contributed by atoms with Crippen LogP contribution in [-0.4, -0.2) is 44.1 Å². The topological polar surface area (TPSA) is 82.6 Å². The Kier molecular flexibility index (Phi) is 3.53. The van der Waals surface area contributed by atoms with E-state index in [1.54, 1.807) is 12.7 Å². The third kappa shape index (κ3) is 2.81. The molecule has 7 nitrogen and oxygen atoms in total. The third-order valence-electron chi connectivity index (χ3n) is 4.28. The maximum atomic E-state index is 4.52. The molecule has 4 heterocycles. The molecule has 0 saturated carbocycles. The lowest BCUT2D eigenvalue weighted by molar-refractivity contribution is 0.522. The van der Waals surface area contributed by atoms with Crippen molar-refractivity contribution in [1.29, 1.82) is 0 Å². The second kappa shape index (κ2) is 5.83. The van der Waals surface area contributed by atoms with Gasteiger partial charge in [0.15, 0.2) is 11.5 Å². The number of rotatable bonds is 3. The zero-order chi connectivity index (χ0) is 15.6. The number of hydrogen-bond donors (Lipinski definition) is 2. The maximum Gasteiger partial charge on any atom is 0.182 e. The normalized spacial score (nSPS) is 16.0. The first-order valence-electron chi connectivity index (χ1n) is 7.88. The van der Waals surface area contributed by atoms with E-state index in [2.05, 4.69) is 54.2 Å². The highest BCUT2D eigenvalue weighted by Gasteiger charge is 2.21. The van der Waals surface area contributed by atoms with Crippen LogP contribution in [0, 0.1) is 6.92 Å². The number of nitrogens with zero attached hydrogens (tertiary/aromatic N) is 5. The molecule has 0 amide bonds. The molecule has 0 aliphatic carbocycles. The van der Waals surface area contributed by atoms with E-state index >= 15 is 0 Å². The number of hydrogen-bond acceptors (Lipinski definition) is 6. The minimum absolute atomic E-state index is 0.401. The van der Waals surface area contributed by atoms with Gasteiger partial charge in [-0.15, -0.1) is 0 Å². The summed E-state index contributed by atoms with van der Waals surface area (Å²) in [5.41, 5.74) is 2.76. The highest BCUT2D eigenvalue weighted by atomic mass is 15.2. The van der Waals surface area contributed by atoms with Crippen molar-refractivity contribution in [2.45, 2.75) is 25.8 Å². The van der Waals surface area contributed by atoms with Crippen LogP contribution in [0.3, 0.4) is 0 Å². The molecule has 0 aromatic carbocycles. The minimum atomic E-state index is 0.401. The van der Waals surface area contributed by atoms with Gasteiger partial charge in [0.05, 0.1) is 6.33 Å². The summed E-state index contributed by atoms with van der Waals surface area (Å²) in [6.45, 7) is 4.04. The Morgan fingerprint density at radius 1 is 1.13 bits per heavy atom. The monoisotopic (exact) mass is 309 g/mol. The van der Waals surface area contributed by atoms with Crippen molar-refractivity contribution in [2.24, 2.45) is 0 Å². The van der Waals surface area contributed by atoms with Gasteiger partial charge in [-0.2, -0.15) is 0 Å². The molecular formula is C16H19N7. The van der Waals surface area contributed by atoms with Crippen LogP contribution in [0.4, 0.5) is 11.6 Å². The molecule has 1 aliphatic rings. The second-order valence-corrected chi connectivity index (χ2v) is 5.92. The number of pyridine rings is 1. The number of imidazole rings is 1. The summed E-state index contributed by atoms with van der Waals surface area (Å²) in [7, 11) is 0. The molecule has 1 aliphatic heterocycles. The van der Waals surface area contributed by atoms with Crippen molar-refractivity contribution in [1.82, 2.24) is 24.9 Å². The highest BCUT2D eigenvalue weighted by molar-refractivity contribution is 5.82. The third-order valence-corrected chi connectivity index (χ3v) is 4.28. The lowest BCUT2D eigenvalue weighted by Crippen LogP contribution is -2.39. The van der Waals surface area contributed by atoms with Crippen LogP contribution < -0.4 is 10.2 Å². The first kappa shape index (κ1) is 13.9.